The highest BCUT2D eigenvalue weighted by Crippen LogP contribution is 2.26. The molecular formula is C23H18N2O4. The zero-order chi connectivity index (χ0) is 20.4. The van der Waals surface area contributed by atoms with Gasteiger partial charge in [0.1, 0.15) is 11.6 Å². The lowest BCUT2D eigenvalue weighted by Crippen LogP contribution is -2.22. The molecule has 6 nitrogen and oxygen atoms in total. The van der Waals surface area contributed by atoms with Gasteiger partial charge in [-0.05, 0) is 60.2 Å². The van der Waals surface area contributed by atoms with Crippen molar-refractivity contribution in [3.63, 3.8) is 0 Å². The Balaban J connectivity index is 1.89. The van der Waals surface area contributed by atoms with Crippen LogP contribution in [0.2, 0.25) is 0 Å². The first-order chi connectivity index (χ1) is 14.1. The van der Waals surface area contributed by atoms with Crippen molar-refractivity contribution in [1.29, 1.82) is 0 Å². The standard InChI is InChI=1S/C23H18N2O4/c1-29-17-10-8-16(9-11-17)25-22(13-7-15-6-12-20(26)21(27)14-15)24-19-5-3-2-4-18(19)23(25)28/h2-14,26-27H,1H3/b13-7+. The van der Waals surface area contributed by atoms with E-state index < -0.39 is 0 Å². The van der Waals surface area contributed by atoms with E-state index in [4.69, 9.17) is 4.74 Å². The van der Waals surface area contributed by atoms with Gasteiger partial charge in [-0.15, -0.1) is 0 Å². The number of phenols is 2. The largest absolute Gasteiger partial charge is 0.504 e. The van der Waals surface area contributed by atoms with Crippen molar-refractivity contribution in [2.75, 3.05) is 7.11 Å². The van der Waals surface area contributed by atoms with Crippen molar-refractivity contribution in [3.8, 4) is 22.9 Å². The van der Waals surface area contributed by atoms with E-state index in [0.717, 1.165) is 0 Å². The topological polar surface area (TPSA) is 84.6 Å². The summed E-state index contributed by atoms with van der Waals surface area (Å²) in [5.74, 6) is 0.714. The number of para-hydroxylation sites is 1. The predicted octanol–water partition coefficient (Wildman–Crippen LogP) is 3.98. The second-order valence-electron chi connectivity index (χ2n) is 6.41. The van der Waals surface area contributed by atoms with Gasteiger partial charge in [0.2, 0.25) is 0 Å². The van der Waals surface area contributed by atoms with Gasteiger partial charge in [0.25, 0.3) is 5.56 Å². The molecule has 0 saturated heterocycles. The first-order valence-electron chi connectivity index (χ1n) is 8.93. The molecule has 0 spiro atoms. The van der Waals surface area contributed by atoms with Crippen LogP contribution >= 0.6 is 0 Å². The molecule has 1 aromatic heterocycles. The molecule has 0 radical (unpaired) electrons. The third-order valence-corrected chi connectivity index (χ3v) is 4.56. The maximum atomic E-state index is 13.2. The summed E-state index contributed by atoms with van der Waals surface area (Å²) < 4.78 is 6.73. The molecule has 144 valence electrons. The number of ether oxygens (including phenoxy) is 1. The van der Waals surface area contributed by atoms with Crippen molar-refractivity contribution in [2.24, 2.45) is 0 Å². The summed E-state index contributed by atoms with van der Waals surface area (Å²) in [6.07, 6.45) is 3.42. The molecule has 0 fully saturated rings. The molecule has 4 aromatic rings. The van der Waals surface area contributed by atoms with E-state index in [1.54, 1.807) is 67.8 Å². The van der Waals surface area contributed by atoms with Gasteiger partial charge in [0.15, 0.2) is 11.5 Å². The fourth-order valence-electron chi connectivity index (χ4n) is 3.06. The summed E-state index contributed by atoms with van der Waals surface area (Å²) in [5.41, 5.74) is 1.72. The number of aromatic hydroxyl groups is 2. The Hall–Kier alpha value is -4.06. The average molecular weight is 386 g/mol. The van der Waals surface area contributed by atoms with Gasteiger partial charge in [-0.3, -0.25) is 9.36 Å². The fourth-order valence-corrected chi connectivity index (χ4v) is 3.06. The molecule has 0 aliphatic heterocycles. The highest BCUT2D eigenvalue weighted by molar-refractivity contribution is 5.80. The van der Waals surface area contributed by atoms with Crippen LogP contribution in [0.1, 0.15) is 11.4 Å². The molecule has 0 atom stereocenters. The first-order valence-corrected chi connectivity index (χ1v) is 8.93. The van der Waals surface area contributed by atoms with Gasteiger partial charge in [0.05, 0.1) is 23.7 Å². The summed E-state index contributed by atoms with van der Waals surface area (Å²) in [5, 5.41) is 19.7. The van der Waals surface area contributed by atoms with E-state index in [-0.39, 0.29) is 17.1 Å². The van der Waals surface area contributed by atoms with Gasteiger partial charge < -0.3 is 14.9 Å². The van der Waals surface area contributed by atoms with Crippen LogP contribution in [0.3, 0.4) is 0 Å². The van der Waals surface area contributed by atoms with Crippen LogP contribution in [0.25, 0.3) is 28.7 Å². The third-order valence-electron chi connectivity index (χ3n) is 4.56. The van der Waals surface area contributed by atoms with Crippen LogP contribution in [-0.2, 0) is 0 Å². The Morgan fingerprint density at radius 3 is 2.41 bits per heavy atom. The van der Waals surface area contributed by atoms with E-state index in [1.807, 2.05) is 6.07 Å². The van der Waals surface area contributed by atoms with E-state index >= 15 is 0 Å². The Morgan fingerprint density at radius 1 is 0.931 bits per heavy atom. The van der Waals surface area contributed by atoms with Gasteiger partial charge in [-0.25, -0.2) is 4.98 Å². The molecule has 0 bridgehead atoms. The lowest BCUT2D eigenvalue weighted by atomic mass is 10.1. The number of hydrogen-bond acceptors (Lipinski definition) is 5. The average Bonchev–Trinajstić information content (AvgIpc) is 2.75. The lowest BCUT2D eigenvalue weighted by Gasteiger charge is -2.12. The molecule has 2 N–H and O–H groups in total. The minimum absolute atomic E-state index is 0.186. The molecule has 0 saturated carbocycles. The number of methoxy groups -OCH3 is 1. The zero-order valence-electron chi connectivity index (χ0n) is 15.6. The van der Waals surface area contributed by atoms with Gasteiger partial charge in [-0.1, -0.05) is 24.3 Å². The third kappa shape index (κ3) is 3.55. The number of fused-ring (bicyclic) bond motifs is 1. The zero-order valence-corrected chi connectivity index (χ0v) is 15.6. The molecule has 1 heterocycles. The number of aromatic nitrogens is 2. The molecule has 29 heavy (non-hydrogen) atoms. The summed E-state index contributed by atoms with van der Waals surface area (Å²) in [6.45, 7) is 0. The summed E-state index contributed by atoms with van der Waals surface area (Å²) in [4.78, 5) is 17.8. The molecule has 6 heteroatoms. The van der Waals surface area contributed by atoms with E-state index in [9.17, 15) is 15.0 Å². The van der Waals surface area contributed by atoms with E-state index in [2.05, 4.69) is 4.98 Å². The normalized spacial score (nSPS) is 11.2. The fraction of sp³-hybridized carbons (Fsp3) is 0.0435. The number of rotatable bonds is 4. The molecule has 0 unspecified atom stereocenters. The monoisotopic (exact) mass is 386 g/mol. The van der Waals surface area contributed by atoms with Crippen molar-refractivity contribution >= 4 is 23.1 Å². The molecular weight excluding hydrogens is 368 g/mol. The van der Waals surface area contributed by atoms with Crippen LogP contribution in [-0.4, -0.2) is 26.9 Å². The summed E-state index contributed by atoms with van der Waals surface area (Å²) >= 11 is 0. The van der Waals surface area contributed by atoms with Crippen LogP contribution in [0.5, 0.6) is 17.2 Å². The number of hydrogen-bond donors (Lipinski definition) is 2. The van der Waals surface area contributed by atoms with Gasteiger partial charge in [0, 0.05) is 0 Å². The Morgan fingerprint density at radius 2 is 1.69 bits per heavy atom. The number of nitrogens with zero attached hydrogens (tertiary/aromatic N) is 2. The molecule has 0 aliphatic carbocycles. The maximum absolute atomic E-state index is 13.2. The first kappa shape index (κ1) is 18.3. The van der Waals surface area contributed by atoms with Crippen molar-refractivity contribution in [3.05, 3.63) is 88.5 Å². The predicted molar refractivity (Wildman–Crippen MR) is 113 cm³/mol. The summed E-state index contributed by atoms with van der Waals surface area (Å²) in [6, 6.07) is 18.8. The van der Waals surface area contributed by atoms with Crippen LogP contribution in [0, 0.1) is 0 Å². The van der Waals surface area contributed by atoms with E-state index in [1.165, 1.54) is 16.7 Å². The van der Waals surface area contributed by atoms with E-state index in [0.29, 0.717) is 33.7 Å². The maximum Gasteiger partial charge on any atom is 0.266 e. The number of benzene rings is 3. The second-order valence-corrected chi connectivity index (χ2v) is 6.41. The highest BCUT2D eigenvalue weighted by atomic mass is 16.5. The number of phenolic OH excluding ortho intramolecular Hbond substituents is 2. The highest BCUT2D eigenvalue weighted by Gasteiger charge is 2.11. The van der Waals surface area contributed by atoms with Crippen molar-refractivity contribution in [1.82, 2.24) is 9.55 Å². The van der Waals surface area contributed by atoms with Crippen molar-refractivity contribution in [2.45, 2.75) is 0 Å². The van der Waals surface area contributed by atoms with Crippen LogP contribution in [0.4, 0.5) is 0 Å². The molecule has 3 aromatic carbocycles. The van der Waals surface area contributed by atoms with Gasteiger partial charge in [-0.2, -0.15) is 0 Å². The molecule has 0 amide bonds. The summed E-state index contributed by atoms with van der Waals surface area (Å²) in [7, 11) is 1.58. The minimum Gasteiger partial charge on any atom is -0.504 e. The molecule has 0 aliphatic rings. The quantitative estimate of drug-likeness (QED) is 0.519. The van der Waals surface area contributed by atoms with Crippen LogP contribution in [0.15, 0.2) is 71.5 Å². The molecule has 4 rings (SSSR count). The van der Waals surface area contributed by atoms with Crippen LogP contribution < -0.4 is 10.3 Å². The Kier molecular flexibility index (Phi) is 4.75. The van der Waals surface area contributed by atoms with Gasteiger partial charge >= 0.3 is 0 Å². The lowest BCUT2D eigenvalue weighted by molar-refractivity contribution is 0.403. The second kappa shape index (κ2) is 7.52. The Labute approximate surface area is 166 Å². The Bertz CT molecular complexity index is 1270. The minimum atomic E-state index is -0.217. The SMILES string of the molecule is COc1ccc(-n2c(/C=C/c3ccc(O)c(O)c3)nc3ccccc3c2=O)cc1. The smallest absolute Gasteiger partial charge is 0.266 e. The van der Waals surface area contributed by atoms with Crippen molar-refractivity contribution < 1.29 is 14.9 Å².